The standard InChI is InChI=1S/C18H23BrN2O2/c1-12(2)15-10-18(23-20-15)16-5-4-8-21(16)11-13-6-7-17(22-3)14(19)9-13/h6-7,9-10,12,16H,4-5,8,11H2,1-3H3. The molecule has 0 spiro atoms. The summed E-state index contributed by atoms with van der Waals surface area (Å²) in [7, 11) is 1.69. The van der Waals surface area contributed by atoms with Crippen LogP contribution in [0.4, 0.5) is 0 Å². The molecule has 124 valence electrons. The van der Waals surface area contributed by atoms with E-state index in [1.54, 1.807) is 7.11 Å². The summed E-state index contributed by atoms with van der Waals surface area (Å²) in [6.45, 7) is 6.28. The molecule has 1 saturated heterocycles. The molecule has 0 bridgehead atoms. The third kappa shape index (κ3) is 3.61. The van der Waals surface area contributed by atoms with Crippen LogP contribution >= 0.6 is 15.9 Å². The Balaban J connectivity index is 1.75. The molecule has 1 atom stereocenters. The average Bonchev–Trinajstić information content (AvgIpc) is 3.16. The molecule has 0 saturated carbocycles. The number of aromatic nitrogens is 1. The van der Waals surface area contributed by atoms with E-state index in [4.69, 9.17) is 9.26 Å². The minimum atomic E-state index is 0.330. The van der Waals surface area contributed by atoms with E-state index in [0.717, 1.165) is 41.2 Å². The van der Waals surface area contributed by atoms with E-state index >= 15 is 0 Å². The molecule has 1 aromatic heterocycles. The van der Waals surface area contributed by atoms with E-state index in [0.29, 0.717) is 12.0 Å². The van der Waals surface area contributed by atoms with Crippen LogP contribution in [0.1, 0.15) is 55.7 Å². The van der Waals surface area contributed by atoms with Gasteiger partial charge >= 0.3 is 0 Å². The van der Waals surface area contributed by atoms with Gasteiger partial charge in [0.15, 0.2) is 5.76 Å². The van der Waals surface area contributed by atoms with Gasteiger partial charge in [0, 0.05) is 12.6 Å². The minimum Gasteiger partial charge on any atom is -0.496 e. The van der Waals surface area contributed by atoms with E-state index in [2.05, 4.69) is 58.0 Å². The maximum Gasteiger partial charge on any atom is 0.154 e. The molecule has 1 aliphatic heterocycles. The van der Waals surface area contributed by atoms with Crippen molar-refractivity contribution in [2.24, 2.45) is 0 Å². The Morgan fingerprint density at radius 1 is 1.39 bits per heavy atom. The van der Waals surface area contributed by atoms with Crippen LogP contribution < -0.4 is 4.74 Å². The topological polar surface area (TPSA) is 38.5 Å². The Kier molecular flexibility index (Phi) is 5.07. The Bertz CT molecular complexity index is 669. The second-order valence-corrected chi connectivity index (χ2v) is 7.26. The number of hydrogen-bond donors (Lipinski definition) is 0. The van der Waals surface area contributed by atoms with Crippen LogP contribution in [0.2, 0.25) is 0 Å². The van der Waals surface area contributed by atoms with Gasteiger partial charge in [0.05, 0.1) is 23.3 Å². The van der Waals surface area contributed by atoms with Gasteiger partial charge in [0.25, 0.3) is 0 Å². The largest absolute Gasteiger partial charge is 0.496 e. The summed E-state index contributed by atoms with van der Waals surface area (Å²) in [4.78, 5) is 2.47. The zero-order valence-electron chi connectivity index (χ0n) is 13.9. The van der Waals surface area contributed by atoms with E-state index in [-0.39, 0.29) is 0 Å². The van der Waals surface area contributed by atoms with Crippen LogP contribution in [0, 0.1) is 0 Å². The van der Waals surface area contributed by atoms with Crippen LogP contribution in [-0.2, 0) is 6.54 Å². The fourth-order valence-corrected chi connectivity index (χ4v) is 3.70. The van der Waals surface area contributed by atoms with Crippen molar-refractivity contribution in [3.63, 3.8) is 0 Å². The third-order valence-electron chi connectivity index (χ3n) is 4.43. The molecule has 2 aromatic rings. The third-order valence-corrected chi connectivity index (χ3v) is 5.05. The van der Waals surface area contributed by atoms with Crippen LogP contribution in [0.15, 0.2) is 33.3 Å². The van der Waals surface area contributed by atoms with Gasteiger partial charge in [0.1, 0.15) is 5.75 Å². The quantitative estimate of drug-likeness (QED) is 0.740. The summed E-state index contributed by atoms with van der Waals surface area (Å²) in [6, 6.07) is 8.72. The smallest absolute Gasteiger partial charge is 0.154 e. The van der Waals surface area contributed by atoms with Crippen molar-refractivity contribution in [3.8, 4) is 5.75 Å². The van der Waals surface area contributed by atoms with Gasteiger partial charge in [-0.05, 0) is 58.9 Å². The molecule has 5 heteroatoms. The number of benzene rings is 1. The van der Waals surface area contributed by atoms with Gasteiger partial charge in [-0.3, -0.25) is 4.90 Å². The highest BCUT2D eigenvalue weighted by Crippen LogP contribution is 2.35. The highest BCUT2D eigenvalue weighted by Gasteiger charge is 2.29. The van der Waals surface area contributed by atoms with Crippen molar-refractivity contribution in [2.45, 2.75) is 45.2 Å². The average molecular weight is 379 g/mol. The van der Waals surface area contributed by atoms with Crippen molar-refractivity contribution in [1.82, 2.24) is 10.1 Å². The summed E-state index contributed by atoms with van der Waals surface area (Å²) in [5, 5.41) is 4.21. The summed E-state index contributed by atoms with van der Waals surface area (Å²) in [6.07, 6.45) is 2.32. The molecular formula is C18H23BrN2O2. The van der Waals surface area contributed by atoms with E-state index in [1.807, 2.05) is 6.07 Å². The van der Waals surface area contributed by atoms with Gasteiger partial charge in [-0.2, -0.15) is 0 Å². The van der Waals surface area contributed by atoms with Crippen LogP contribution in [-0.4, -0.2) is 23.7 Å². The van der Waals surface area contributed by atoms with Gasteiger partial charge < -0.3 is 9.26 Å². The molecule has 0 N–H and O–H groups in total. The number of likely N-dealkylation sites (tertiary alicyclic amines) is 1. The Labute approximate surface area is 145 Å². The normalized spacial score (nSPS) is 18.7. The Morgan fingerprint density at radius 3 is 2.87 bits per heavy atom. The molecule has 1 aliphatic rings. The first-order valence-electron chi connectivity index (χ1n) is 8.11. The first kappa shape index (κ1) is 16.5. The number of methoxy groups -OCH3 is 1. The molecule has 1 unspecified atom stereocenters. The summed E-state index contributed by atoms with van der Waals surface area (Å²) in [5.74, 6) is 2.27. The molecule has 0 aliphatic carbocycles. The van der Waals surface area contributed by atoms with Gasteiger partial charge in [-0.15, -0.1) is 0 Å². The highest BCUT2D eigenvalue weighted by atomic mass is 79.9. The summed E-state index contributed by atoms with van der Waals surface area (Å²) >= 11 is 3.56. The molecule has 1 fully saturated rings. The number of rotatable bonds is 5. The summed E-state index contributed by atoms with van der Waals surface area (Å²) < 4.78 is 11.9. The van der Waals surface area contributed by atoms with Crippen molar-refractivity contribution in [2.75, 3.05) is 13.7 Å². The van der Waals surface area contributed by atoms with Crippen molar-refractivity contribution in [1.29, 1.82) is 0 Å². The molecule has 0 amide bonds. The van der Waals surface area contributed by atoms with Gasteiger partial charge in [-0.1, -0.05) is 25.1 Å². The zero-order chi connectivity index (χ0) is 16.4. The van der Waals surface area contributed by atoms with Crippen LogP contribution in [0.25, 0.3) is 0 Å². The predicted molar refractivity (Wildman–Crippen MR) is 93.7 cm³/mol. The molecule has 2 heterocycles. The monoisotopic (exact) mass is 378 g/mol. The molecule has 23 heavy (non-hydrogen) atoms. The maximum atomic E-state index is 5.62. The van der Waals surface area contributed by atoms with Gasteiger partial charge in [-0.25, -0.2) is 0 Å². The van der Waals surface area contributed by atoms with E-state index in [9.17, 15) is 0 Å². The number of ether oxygens (including phenoxy) is 1. The van der Waals surface area contributed by atoms with E-state index in [1.165, 1.54) is 12.0 Å². The number of halogens is 1. The first-order chi connectivity index (χ1) is 11.1. The predicted octanol–water partition coefficient (Wildman–Crippen LogP) is 4.91. The number of hydrogen-bond acceptors (Lipinski definition) is 4. The van der Waals surface area contributed by atoms with E-state index < -0.39 is 0 Å². The SMILES string of the molecule is COc1ccc(CN2CCCC2c2cc(C(C)C)no2)cc1Br. The lowest BCUT2D eigenvalue weighted by Crippen LogP contribution is -2.22. The first-order valence-corrected chi connectivity index (χ1v) is 8.90. The molecular weight excluding hydrogens is 356 g/mol. The second-order valence-electron chi connectivity index (χ2n) is 6.41. The molecule has 4 nitrogen and oxygen atoms in total. The lowest BCUT2D eigenvalue weighted by Gasteiger charge is -2.22. The lowest BCUT2D eigenvalue weighted by molar-refractivity contribution is 0.206. The Morgan fingerprint density at radius 2 is 2.22 bits per heavy atom. The summed E-state index contributed by atoms with van der Waals surface area (Å²) in [5.41, 5.74) is 2.31. The minimum absolute atomic E-state index is 0.330. The fourth-order valence-electron chi connectivity index (χ4n) is 3.11. The lowest BCUT2D eigenvalue weighted by atomic mass is 10.1. The Hall–Kier alpha value is -1.33. The maximum absolute atomic E-state index is 5.62. The molecule has 3 rings (SSSR count). The van der Waals surface area contributed by atoms with Crippen LogP contribution in [0.3, 0.4) is 0 Å². The van der Waals surface area contributed by atoms with Crippen molar-refractivity contribution in [3.05, 3.63) is 45.8 Å². The van der Waals surface area contributed by atoms with Crippen molar-refractivity contribution < 1.29 is 9.26 Å². The zero-order valence-corrected chi connectivity index (χ0v) is 15.5. The van der Waals surface area contributed by atoms with Crippen LogP contribution in [0.5, 0.6) is 5.75 Å². The highest BCUT2D eigenvalue weighted by molar-refractivity contribution is 9.10. The fraction of sp³-hybridized carbons (Fsp3) is 0.500. The molecule has 1 aromatic carbocycles. The van der Waals surface area contributed by atoms with Gasteiger partial charge in [0.2, 0.25) is 0 Å². The second kappa shape index (κ2) is 7.05. The van der Waals surface area contributed by atoms with Crippen molar-refractivity contribution >= 4 is 15.9 Å². The number of nitrogens with zero attached hydrogens (tertiary/aromatic N) is 2. The molecule has 0 radical (unpaired) electrons.